The molecule has 2 heterocycles. The number of nitrogens with two attached hydrogens (primary N) is 2. The Kier molecular flexibility index (Phi) is 3.64. The zero-order valence-electron chi connectivity index (χ0n) is 13.2. The zero-order chi connectivity index (χ0) is 17.4. The molecule has 0 saturated heterocycles. The number of aromatic nitrogens is 4. The molecule has 8 heteroatoms. The number of nitrogen functional groups attached to an aromatic ring is 2. The molecular formula is C17H15FN6O. The van der Waals surface area contributed by atoms with Crippen molar-refractivity contribution in [3.05, 3.63) is 48.2 Å². The second-order valence-corrected chi connectivity index (χ2v) is 5.81. The summed E-state index contributed by atoms with van der Waals surface area (Å²) in [5.41, 5.74) is 12.6. The first-order valence-electron chi connectivity index (χ1n) is 7.78. The van der Waals surface area contributed by atoms with Crippen molar-refractivity contribution in [2.75, 3.05) is 11.5 Å². The van der Waals surface area contributed by atoms with Gasteiger partial charge in [-0.3, -0.25) is 4.98 Å². The van der Waals surface area contributed by atoms with Gasteiger partial charge in [-0.15, -0.1) is 0 Å². The Morgan fingerprint density at radius 2 is 1.84 bits per heavy atom. The van der Waals surface area contributed by atoms with Crippen LogP contribution in [0.3, 0.4) is 0 Å². The fraction of sp³-hybridized carbons (Fsp3) is 0.176. The number of benzene rings is 1. The standard InChI is InChI=1S/C17H15FN6O/c18-15-11(12-7-23-14(20)8-22-12)4-3-10(9-1-2-9)16(15)25-17-21-6-5-13(19)24-17/h3-9H,1-2H2,(H2,20,23)(H2,19,21,24). The molecule has 4 N–H and O–H groups in total. The molecule has 0 radical (unpaired) electrons. The molecule has 126 valence electrons. The van der Waals surface area contributed by atoms with Crippen LogP contribution in [0.2, 0.25) is 0 Å². The summed E-state index contributed by atoms with van der Waals surface area (Å²) >= 11 is 0. The summed E-state index contributed by atoms with van der Waals surface area (Å²) in [7, 11) is 0. The van der Waals surface area contributed by atoms with Crippen LogP contribution in [0.5, 0.6) is 11.8 Å². The van der Waals surface area contributed by atoms with Gasteiger partial charge in [0.15, 0.2) is 11.6 Å². The Hall–Kier alpha value is -3.29. The second-order valence-electron chi connectivity index (χ2n) is 5.81. The van der Waals surface area contributed by atoms with Crippen LogP contribution in [-0.4, -0.2) is 19.9 Å². The van der Waals surface area contributed by atoms with Crippen LogP contribution >= 0.6 is 0 Å². The maximum absolute atomic E-state index is 15.2. The Bertz CT molecular complexity index is 927. The summed E-state index contributed by atoms with van der Waals surface area (Å²) in [4.78, 5) is 16.0. The number of hydrogen-bond acceptors (Lipinski definition) is 7. The number of anilines is 2. The maximum Gasteiger partial charge on any atom is 0.323 e. The Morgan fingerprint density at radius 3 is 2.52 bits per heavy atom. The molecule has 0 spiro atoms. The van der Waals surface area contributed by atoms with Crippen LogP contribution in [0, 0.1) is 5.82 Å². The fourth-order valence-corrected chi connectivity index (χ4v) is 2.56. The van der Waals surface area contributed by atoms with E-state index in [2.05, 4.69) is 19.9 Å². The van der Waals surface area contributed by atoms with Crippen molar-refractivity contribution in [1.82, 2.24) is 19.9 Å². The van der Waals surface area contributed by atoms with E-state index >= 15 is 4.39 Å². The monoisotopic (exact) mass is 338 g/mol. The highest BCUT2D eigenvalue weighted by molar-refractivity contribution is 5.64. The summed E-state index contributed by atoms with van der Waals surface area (Å²) < 4.78 is 20.8. The first-order valence-corrected chi connectivity index (χ1v) is 7.78. The number of hydrogen-bond donors (Lipinski definition) is 2. The highest BCUT2D eigenvalue weighted by Crippen LogP contribution is 2.47. The van der Waals surface area contributed by atoms with Gasteiger partial charge in [-0.05, 0) is 30.9 Å². The van der Waals surface area contributed by atoms with Crippen LogP contribution in [0.25, 0.3) is 11.3 Å². The molecule has 0 bridgehead atoms. The SMILES string of the molecule is Nc1cnc(-c2ccc(C3CC3)c(Oc3nccc(N)n3)c2F)cn1. The predicted molar refractivity (Wildman–Crippen MR) is 90.3 cm³/mol. The van der Waals surface area contributed by atoms with Gasteiger partial charge in [0, 0.05) is 17.3 Å². The summed E-state index contributed by atoms with van der Waals surface area (Å²) in [6.45, 7) is 0. The van der Waals surface area contributed by atoms with E-state index < -0.39 is 5.82 Å². The van der Waals surface area contributed by atoms with Crippen LogP contribution in [-0.2, 0) is 0 Å². The molecule has 0 unspecified atom stereocenters. The van der Waals surface area contributed by atoms with E-state index in [1.165, 1.54) is 24.7 Å². The molecule has 1 fully saturated rings. The number of nitrogens with zero attached hydrogens (tertiary/aromatic N) is 4. The Balaban J connectivity index is 1.79. The lowest BCUT2D eigenvalue weighted by molar-refractivity contribution is 0.407. The fourth-order valence-electron chi connectivity index (χ4n) is 2.56. The molecule has 1 saturated carbocycles. The number of rotatable bonds is 4. The third-order valence-corrected chi connectivity index (χ3v) is 3.94. The molecule has 3 aromatic rings. The van der Waals surface area contributed by atoms with Gasteiger partial charge in [-0.25, -0.2) is 14.4 Å². The van der Waals surface area contributed by atoms with Gasteiger partial charge < -0.3 is 16.2 Å². The van der Waals surface area contributed by atoms with Crippen LogP contribution in [0.4, 0.5) is 16.0 Å². The van der Waals surface area contributed by atoms with Gasteiger partial charge in [0.25, 0.3) is 0 Å². The maximum atomic E-state index is 15.2. The van der Waals surface area contributed by atoms with Gasteiger partial charge in [0.05, 0.1) is 18.1 Å². The summed E-state index contributed by atoms with van der Waals surface area (Å²) in [5.74, 6) is 0.359. The van der Waals surface area contributed by atoms with Crippen molar-refractivity contribution in [2.24, 2.45) is 0 Å². The van der Waals surface area contributed by atoms with E-state index in [0.29, 0.717) is 5.69 Å². The lowest BCUT2D eigenvalue weighted by Gasteiger charge is -2.13. The van der Waals surface area contributed by atoms with Crippen LogP contribution in [0.15, 0.2) is 36.8 Å². The van der Waals surface area contributed by atoms with E-state index in [-0.39, 0.29) is 34.9 Å². The van der Waals surface area contributed by atoms with Crippen molar-refractivity contribution in [3.8, 4) is 23.0 Å². The average molecular weight is 338 g/mol. The number of halogens is 1. The quantitative estimate of drug-likeness (QED) is 0.752. The molecular weight excluding hydrogens is 323 g/mol. The molecule has 25 heavy (non-hydrogen) atoms. The van der Waals surface area contributed by atoms with E-state index in [9.17, 15) is 0 Å². The third-order valence-electron chi connectivity index (χ3n) is 3.94. The lowest BCUT2D eigenvalue weighted by atomic mass is 10.0. The minimum absolute atomic E-state index is 0.00124. The molecule has 0 aliphatic heterocycles. The van der Waals surface area contributed by atoms with Gasteiger partial charge in [0.1, 0.15) is 11.6 Å². The Labute approximate surface area is 142 Å². The summed E-state index contributed by atoms with van der Waals surface area (Å²) in [5, 5.41) is 0. The smallest absolute Gasteiger partial charge is 0.323 e. The largest absolute Gasteiger partial charge is 0.421 e. The zero-order valence-corrected chi connectivity index (χ0v) is 13.2. The third kappa shape index (κ3) is 3.06. The van der Waals surface area contributed by atoms with Crippen LogP contribution < -0.4 is 16.2 Å². The molecule has 7 nitrogen and oxygen atoms in total. The molecule has 1 aromatic carbocycles. The molecule has 1 aliphatic rings. The molecule has 0 atom stereocenters. The first-order chi connectivity index (χ1) is 12.1. The summed E-state index contributed by atoms with van der Waals surface area (Å²) in [6, 6.07) is 5.05. The predicted octanol–water partition coefficient (Wildman–Crippen LogP) is 2.91. The van der Waals surface area contributed by atoms with Crippen molar-refractivity contribution in [1.29, 1.82) is 0 Å². The molecule has 1 aliphatic carbocycles. The van der Waals surface area contributed by atoms with E-state index in [4.69, 9.17) is 16.2 Å². The van der Waals surface area contributed by atoms with Gasteiger partial charge >= 0.3 is 6.01 Å². The van der Waals surface area contributed by atoms with E-state index in [0.717, 1.165) is 18.4 Å². The average Bonchev–Trinajstić information content (AvgIpc) is 3.43. The molecule has 2 aromatic heterocycles. The minimum atomic E-state index is -0.533. The normalized spacial score (nSPS) is 13.6. The highest BCUT2D eigenvalue weighted by atomic mass is 19.1. The minimum Gasteiger partial charge on any atom is -0.421 e. The first kappa shape index (κ1) is 15.3. The van der Waals surface area contributed by atoms with Crippen molar-refractivity contribution >= 4 is 11.6 Å². The van der Waals surface area contributed by atoms with Crippen molar-refractivity contribution in [2.45, 2.75) is 18.8 Å². The lowest BCUT2D eigenvalue weighted by Crippen LogP contribution is -2.02. The highest BCUT2D eigenvalue weighted by Gasteiger charge is 2.30. The summed E-state index contributed by atoms with van der Waals surface area (Å²) in [6.07, 6.45) is 6.25. The topological polar surface area (TPSA) is 113 Å². The van der Waals surface area contributed by atoms with Gasteiger partial charge in [-0.1, -0.05) is 6.07 Å². The van der Waals surface area contributed by atoms with Gasteiger partial charge in [0.2, 0.25) is 0 Å². The van der Waals surface area contributed by atoms with E-state index in [1.807, 2.05) is 6.07 Å². The molecule has 0 amide bonds. The van der Waals surface area contributed by atoms with Crippen molar-refractivity contribution < 1.29 is 9.13 Å². The van der Waals surface area contributed by atoms with E-state index in [1.54, 1.807) is 6.07 Å². The van der Waals surface area contributed by atoms with Gasteiger partial charge in [-0.2, -0.15) is 4.98 Å². The van der Waals surface area contributed by atoms with Crippen LogP contribution in [0.1, 0.15) is 24.3 Å². The van der Waals surface area contributed by atoms with Crippen molar-refractivity contribution in [3.63, 3.8) is 0 Å². The second kappa shape index (κ2) is 5.97. The molecule has 4 rings (SSSR count). The Morgan fingerprint density at radius 1 is 1.00 bits per heavy atom. The number of ether oxygens (including phenoxy) is 1.